The maximum atomic E-state index is 13.2. The molecule has 0 aliphatic carbocycles. The van der Waals surface area contributed by atoms with Crippen LogP contribution >= 0.6 is 0 Å². The fourth-order valence-corrected chi connectivity index (χ4v) is 1.21. The van der Waals surface area contributed by atoms with Gasteiger partial charge in [-0.25, -0.2) is 18.0 Å². The van der Waals surface area contributed by atoms with E-state index in [1.807, 2.05) is 5.32 Å². The van der Waals surface area contributed by atoms with Crippen LogP contribution in [0.4, 0.5) is 13.2 Å². The maximum absolute atomic E-state index is 13.2. The molecule has 0 aliphatic heterocycles. The van der Waals surface area contributed by atoms with Gasteiger partial charge in [0.15, 0.2) is 23.6 Å². The first kappa shape index (κ1) is 15.0. The van der Waals surface area contributed by atoms with Crippen molar-refractivity contribution in [1.29, 1.82) is 0 Å². The van der Waals surface area contributed by atoms with E-state index in [2.05, 4.69) is 4.74 Å². The van der Waals surface area contributed by atoms with Crippen LogP contribution in [-0.4, -0.2) is 36.7 Å². The lowest BCUT2D eigenvalue weighted by atomic mass is 10.2. The molecule has 0 spiro atoms. The van der Waals surface area contributed by atoms with Gasteiger partial charge in [0.1, 0.15) is 0 Å². The van der Waals surface area contributed by atoms with Crippen molar-refractivity contribution in [2.75, 3.05) is 13.7 Å². The van der Waals surface area contributed by atoms with Gasteiger partial charge in [0, 0.05) is 0 Å². The number of ether oxygens (including phenoxy) is 1. The van der Waals surface area contributed by atoms with E-state index < -0.39 is 47.5 Å². The predicted octanol–water partition coefficient (Wildman–Crippen LogP) is 0.368. The third-order valence-corrected chi connectivity index (χ3v) is 2.21. The first-order valence-electron chi connectivity index (χ1n) is 5.06. The molecule has 0 saturated heterocycles. The van der Waals surface area contributed by atoms with Crippen molar-refractivity contribution in [3.05, 3.63) is 35.1 Å². The Balaban J connectivity index is 2.75. The average Bonchev–Trinajstić information content (AvgIpc) is 2.41. The Morgan fingerprint density at radius 2 is 1.95 bits per heavy atom. The number of hydrogen-bond acceptors (Lipinski definition) is 4. The summed E-state index contributed by atoms with van der Waals surface area (Å²) in [5.74, 6) is -6.94. The van der Waals surface area contributed by atoms with Gasteiger partial charge in [-0.3, -0.25) is 4.79 Å². The van der Waals surface area contributed by atoms with Crippen LogP contribution in [0.3, 0.4) is 0 Å². The molecule has 1 unspecified atom stereocenters. The molecular weight excluding hydrogens is 267 g/mol. The van der Waals surface area contributed by atoms with Crippen LogP contribution in [0.5, 0.6) is 0 Å². The standard InChI is InChI=1S/C11H10F3NO4/c1-19-11(18)7(16)4-15-10(17)5-2-3-6(12)9(14)8(5)13/h2-3,7,16H,4H2,1H3,(H,15,17). The maximum Gasteiger partial charge on any atom is 0.336 e. The monoisotopic (exact) mass is 277 g/mol. The number of benzene rings is 1. The minimum atomic E-state index is -1.78. The van der Waals surface area contributed by atoms with Gasteiger partial charge >= 0.3 is 5.97 Å². The summed E-state index contributed by atoms with van der Waals surface area (Å²) in [6, 6.07) is 1.33. The molecule has 8 heteroatoms. The smallest absolute Gasteiger partial charge is 0.336 e. The van der Waals surface area contributed by atoms with Gasteiger partial charge in [0.05, 0.1) is 19.2 Å². The SMILES string of the molecule is COC(=O)C(O)CNC(=O)c1ccc(F)c(F)c1F. The second-order valence-corrected chi connectivity index (χ2v) is 3.47. The second-order valence-electron chi connectivity index (χ2n) is 3.47. The van der Waals surface area contributed by atoms with Crippen LogP contribution in [0.25, 0.3) is 0 Å². The van der Waals surface area contributed by atoms with E-state index in [0.717, 1.165) is 13.2 Å². The van der Waals surface area contributed by atoms with Crippen molar-refractivity contribution in [1.82, 2.24) is 5.32 Å². The summed E-state index contributed by atoms with van der Waals surface area (Å²) in [6.07, 6.45) is -1.64. The Hall–Kier alpha value is -2.09. The zero-order valence-corrected chi connectivity index (χ0v) is 9.75. The predicted molar refractivity (Wildman–Crippen MR) is 56.7 cm³/mol. The highest BCUT2D eigenvalue weighted by molar-refractivity contribution is 5.94. The number of methoxy groups -OCH3 is 1. The molecule has 1 amide bonds. The van der Waals surface area contributed by atoms with Gasteiger partial charge in [0.2, 0.25) is 0 Å². The second kappa shape index (κ2) is 6.19. The third kappa shape index (κ3) is 3.44. The lowest BCUT2D eigenvalue weighted by Crippen LogP contribution is -2.37. The summed E-state index contributed by atoms with van der Waals surface area (Å²) >= 11 is 0. The minimum Gasteiger partial charge on any atom is -0.467 e. The zero-order chi connectivity index (χ0) is 14.6. The summed E-state index contributed by atoms with van der Waals surface area (Å²) < 4.78 is 42.9. The van der Waals surface area contributed by atoms with Crippen molar-refractivity contribution in [2.24, 2.45) is 0 Å². The van der Waals surface area contributed by atoms with Gasteiger partial charge in [-0.05, 0) is 12.1 Å². The molecule has 0 heterocycles. The Kier molecular flexibility index (Phi) is 4.87. The van der Waals surface area contributed by atoms with E-state index in [0.29, 0.717) is 6.07 Å². The Bertz CT molecular complexity index is 507. The van der Waals surface area contributed by atoms with Gasteiger partial charge < -0.3 is 15.2 Å². The van der Waals surface area contributed by atoms with Crippen LogP contribution in [-0.2, 0) is 9.53 Å². The summed E-state index contributed by atoms with van der Waals surface area (Å²) in [7, 11) is 1.03. The van der Waals surface area contributed by atoms with E-state index in [4.69, 9.17) is 5.11 Å². The highest BCUT2D eigenvalue weighted by Gasteiger charge is 2.21. The van der Waals surface area contributed by atoms with Gasteiger partial charge in [-0.2, -0.15) is 0 Å². The molecular formula is C11H10F3NO4. The van der Waals surface area contributed by atoms with Crippen LogP contribution < -0.4 is 5.32 Å². The molecule has 0 saturated carbocycles. The number of esters is 1. The van der Waals surface area contributed by atoms with E-state index >= 15 is 0 Å². The van der Waals surface area contributed by atoms with Gasteiger partial charge in [-0.15, -0.1) is 0 Å². The van der Waals surface area contributed by atoms with Crippen molar-refractivity contribution in [2.45, 2.75) is 6.10 Å². The summed E-state index contributed by atoms with van der Waals surface area (Å²) in [4.78, 5) is 22.3. The number of carbonyl (C=O) groups excluding carboxylic acids is 2. The Morgan fingerprint density at radius 1 is 1.32 bits per heavy atom. The quantitative estimate of drug-likeness (QED) is 0.616. The Morgan fingerprint density at radius 3 is 2.53 bits per heavy atom. The minimum absolute atomic E-state index is 0.552. The molecule has 0 aliphatic rings. The molecule has 0 radical (unpaired) electrons. The van der Waals surface area contributed by atoms with Crippen molar-refractivity contribution in [3.63, 3.8) is 0 Å². The molecule has 1 aromatic rings. The number of carbonyl (C=O) groups is 2. The molecule has 1 rings (SSSR count). The van der Waals surface area contributed by atoms with Gasteiger partial charge in [0.25, 0.3) is 5.91 Å². The van der Waals surface area contributed by atoms with E-state index in [1.165, 1.54) is 0 Å². The lowest BCUT2D eigenvalue weighted by Gasteiger charge is -2.10. The topological polar surface area (TPSA) is 75.6 Å². The van der Waals surface area contributed by atoms with Crippen LogP contribution in [0.2, 0.25) is 0 Å². The summed E-state index contributed by atoms with van der Waals surface area (Å²) in [6.45, 7) is -0.552. The molecule has 0 fully saturated rings. The molecule has 0 aromatic heterocycles. The molecule has 19 heavy (non-hydrogen) atoms. The molecule has 1 atom stereocenters. The molecule has 104 valence electrons. The highest BCUT2D eigenvalue weighted by Crippen LogP contribution is 2.14. The third-order valence-electron chi connectivity index (χ3n) is 2.21. The molecule has 5 nitrogen and oxygen atoms in total. The van der Waals surface area contributed by atoms with Crippen molar-refractivity contribution < 1.29 is 32.6 Å². The summed E-state index contributed by atoms with van der Waals surface area (Å²) in [5, 5.41) is 11.1. The normalized spacial score (nSPS) is 11.8. The average molecular weight is 277 g/mol. The molecule has 2 N–H and O–H groups in total. The molecule has 1 aromatic carbocycles. The largest absolute Gasteiger partial charge is 0.467 e. The number of amides is 1. The number of aliphatic hydroxyl groups is 1. The fourth-order valence-electron chi connectivity index (χ4n) is 1.21. The first-order chi connectivity index (χ1) is 8.88. The van der Waals surface area contributed by atoms with Crippen LogP contribution in [0.15, 0.2) is 12.1 Å². The number of aliphatic hydroxyl groups excluding tert-OH is 1. The van der Waals surface area contributed by atoms with E-state index in [9.17, 15) is 22.8 Å². The Labute approximate surface area is 106 Å². The van der Waals surface area contributed by atoms with Crippen LogP contribution in [0, 0.1) is 17.5 Å². The van der Waals surface area contributed by atoms with Crippen molar-refractivity contribution >= 4 is 11.9 Å². The summed E-state index contributed by atoms with van der Waals surface area (Å²) in [5.41, 5.74) is -0.740. The first-order valence-corrected chi connectivity index (χ1v) is 5.06. The number of hydrogen-bond donors (Lipinski definition) is 2. The fraction of sp³-hybridized carbons (Fsp3) is 0.273. The number of rotatable bonds is 4. The van der Waals surface area contributed by atoms with Gasteiger partial charge in [-0.1, -0.05) is 0 Å². The van der Waals surface area contributed by atoms with E-state index in [1.54, 1.807) is 0 Å². The number of halogens is 3. The lowest BCUT2D eigenvalue weighted by molar-refractivity contribution is -0.149. The van der Waals surface area contributed by atoms with Crippen molar-refractivity contribution in [3.8, 4) is 0 Å². The number of nitrogens with one attached hydrogen (secondary N) is 1. The van der Waals surface area contributed by atoms with E-state index in [-0.39, 0.29) is 0 Å². The highest BCUT2D eigenvalue weighted by atomic mass is 19.2. The van der Waals surface area contributed by atoms with Crippen LogP contribution in [0.1, 0.15) is 10.4 Å². The zero-order valence-electron chi connectivity index (χ0n) is 9.75. The molecule has 0 bridgehead atoms.